The van der Waals surface area contributed by atoms with Crippen molar-refractivity contribution in [2.75, 3.05) is 6.66 Å². The monoisotopic (exact) mass is 549 g/mol. The van der Waals surface area contributed by atoms with Crippen molar-refractivity contribution in [2.24, 2.45) is 0 Å². The van der Waals surface area contributed by atoms with Gasteiger partial charge in [-0.25, -0.2) is 0 Å². The van der Waals surface area contributed by atoms with Crippen molar-refractivity contribution in [3.8, 4) is 17.2 Å². The number of hydrogen-bond acceptors (Lipinski definition) is 5. The van der Waals surface area contributed by atoms with Gasteiger partial charge < -0.3 is 25.2 Å². The van der Waals surface area contributed by atoms with Crippen LogP contribution in [-0.4, -0.2) is 39.7 Å². The van der Waals surface area contributed by atoms with Gasteiger partial charge in [0.1, 0.15) is 17.5 Å². The van der Waals surface area contributed by atoms with Crippen molar-refractivity contribution in [1.29, 1.82) is 0 Å². The van der Waals surface area contributed by atoms with Crippen molar-refractivity contribution < 1.29 is 34.0 Å². The average molecular weight is 551 g/mol. The van der Waals surface area contributed by atoms with E-state index in [-0.39, 0.29) is 23.2 Å². The van der Waals surface area contributed by atoms with Crippen LogP contribution >= 0.6 is 39.2 Å². The number of rotatable bonds is 7. The van der Waals surface area contributed by atoms with E-state index in [2.05, 4.69) is 37.2 Å². The minimum atomic E-state index is -3.25. The van der Waals surface area contributed by atoms with Crippen LogP contribution in [0, 0.1) is 0 Å². The highest BCUT2D eigenvalue weighted by atomic mass is 79.9. The molecular weight excluding hydrogens is 533 g/mol. The van der Waals surface area contributed by atoms with Gasteiger partial charge in [0, 0.05) is 12.8 Å². The van der Waals surface area contributed by atoms with Gasteiger partial charge in [-0.2, -0.15) is 0 Å². The Kier molecular flexibility index (Phi) is 7.50. The zero-order valence-corrected chi connectivity index (χ0v) is 19.4. The minimum absolute atomic E-state index is 0.00420. The molecule has 29 heavy (non-hydrogen) atoms. The second-order valence-corrected chi connectivity index (χ2v) is 10.5. The number of ether oxygens (including phenoxy) is 1. The van der Waals surface area contributed by atoms with Gasteiger partial charge in [-0.3, -0.25) is 14.2 Å². The van der Waals surface area contributed by atoms with Crippen LogP contribution in [0.3, 0.4) is 0 Å². The number of hydrogen-bond donors (Lipinski definition) is 4. The van der Waals surface area contributed by atoms with E-state index in [4.69, 9.17) is 9.84 Å². The predicted octanol–water partition coefficient (Wildman–Crippen LogP) is 4.31. The van der Waals surface area contributed by atoms with Crippen LogP contribution in [0.2, 0.25) is 0 Å². The number of phenols is 1. The van der Waals surface area contributed by atoms with E-state index in [1.165, 1.54) is 31.8 Å². The molecule has 0 saturated heterocycles. The molecule has 8 nitrogen and oxygen atoms in total. The molecule has 2 aromatic carbocycles. The number of nitrogens with one attached hydrogen (secondary N) is 1. The van der Waals surface area contributed by atoms with E-state index < -0.39 is 25.3 Å². The van der Waals surface area contributed by atoms with Crippen LogP contribution in [0.25, 0.3) is 0 Å². The van der Waals surface area contributed by atoms with Crippen molar-refractivity contribution in [3.63, 3.8) is 0 Å². The number of carbonyl (C=O) groups is 2. The molecule has 2 rings (SSSR count). The molecule has 0 fully saturated rings. The first-order chi connectivity index (χ1) is 13.4. The first kappa shape index (κ1) is 23.4. The molecule has 2 aromatic rings. The van der Waals surface area contributed by atoms with Gasteiger partial charge >= 0.3 is 5.97 Å². The summed E-state index contributed by atoms with van der Waals surface area (Å²) in [6.45, 7) is 2.57. The first-order valence-electron chi connectivity index (χ1n) is 8.19. The third kappa shape index (κ3) is 6.57. The van der Waals surface area contributed by atoms with Crippen LogP contribution in [-0.2, 0) is 15.5 Å². The number of halogens is 2. The Balaban J connectivity index is 2.30. The molecule has 0 radical (unpaired) electrons. The summed E-state index contributed by atoms with van der Waals surface area (Å²) in [5.74, 6) is -1.74. The smallest absolute Gasteiger partial charge is 0.325 e. The van der Waals surface area contributed by atoms with Crippen molar-refractivity contribution >= 4 is 51.1 Å². The number of aromatic hydroxyl groups is 1. The lowest BCUT2D eigenvalue weighted by molar-refractivity contribution is -0.138. The quantitative estimate of drug-likeness (QED) is 0.377. The summed E-state index contributed by atoms with van der Waals surface area (Å²) in [5.41, 5.74) is 0.476. The number of carbonyl (C=O) groups excluding carboxylic acids is 1. The zero-order chi connectivity index (χ0) is 21.9. The van der Waals surface area contributed by atoms with Gasteiger partial charge in [0.15, 0.2) is 5.75 Å². The lowest BCUT2D eigenvalue weighted by atomic mass is 10.1. The van der Waals surface area contributed by atoms with Gasteiger partial charge in [-0.05, 0) is 74.7 Å². The number of amides is 1. The second kappa shape index (κ2) is 9.30. The zero-order valence-electron chi connectivity index (χ0n) is 15.3. The van der Waals surface area contributed by atoms with Gasteiger partial charge in [0.25, 0.3) is 5.91 Å². The van der Waals surface area contributed by atoms with E-state index in [1.54, 1.807) is 12.1 Å². The van der Waals surface area contributed by atoms with Crippen molar-refractivity contribution in [3.05, 3.63) is 50.4 Å². The number of benzene rings is 2. The van der Waals surface area contributed by atoms with Crippen molar-refractivity contribution in [1.82, 2.24) is 5.32 Å². The molecule has 11 heteroatoms. The Morgan fingerprint density at radius 2 is 1.79 bits per heavy atom. The largest absolute Gasteiger partial charge is 0.507 e. The fourth-order valence-electron chi connectivity index (χ4n) is 2.35. The predicted molar refractivity (Wildman–Crippen MR) is 114 cm³/mol. The molecule has 0 aliphatic heterocycles. The highest BCUT2D eigenvalue weighted by Crippen LogP contribution is 2.44. The summed E-state index contributed by atoms with van der Waals surface area (Å²) in [6.07, 6.45) is -0.00420. The third-order valence-electron chi connectivity index (χ3n) is 3.68. The highest BCUT2D eigenvalue weighted by molar-refractivity contribution is 9.11. The SMILES string of the molecule is C[C@H](NC(=O)c1cc(Oc2c(Br)cc(CP(C)(=O)O)cc2Br)ccc1O)C(=O)O. The summed E-state index contributed by atoms with van der Waals surface area (Å²) >= 11 is 6.71. The van der Waals surface area contributed by atoms with Crippen LogP contribution in [0.4, 0.5) is 0 Å². The molecule has 156 valence electrons. The number of aliphatic carboxylic acids is 1. The van der Waals surface area contributed by atoms with Crippen LogP contribution in [0.15, 0.2) is 39.3 Å². The average Bonchev–Trinajstić information content (AvgIpc) is 2.57. The highest BCUT2D eigenvalue weighted by Gasteiger charge is 2.20. The molecule has 0 aliphatic rings. The molecule has 1 amide bonds. The van der Waals surface area contributed by atoms with E-state index in [0.717, 1.165) is 0 Å². The maximum absolute atomic E-state index is 12.2. The number of carboxylic acid groups (broad SMARTS) is 1. The van der Waals surface area contributed by atoms with Gasteiger partial charge in [0.05, 0.1) is 14.5 Å². The molecule has 0 spiro atoms. The molecule has 0 aromatic heterocycles. The molecule has 0 bridgehead atoms. The molecule has 0 saturated carbocycles. The minimum Gasteiger partial charge on any atom is -0.507 e. The van der Waals surface area contributed by atoms with Crippen molar-refractivity contribution in [2.45, 2.75) is 19.1 Å². The van der Waals surface area contributed by atoms with Gasteiger partial charge in [-0.15, -0.1) is 0 Å². The van der Waals surface area contributed by atoms with E-state index >= 15 is 0 Å². The van der Waals surface area contributed by atoms with Gasteiger partial charge in [-0.1, -0.05) is 0 Å². The fraction of sp³-hybridized carbons (Fsp3) is 0.222. The molecule has 0 aliphatic carbocycles. The lowest BCUT2D eigenvalue weighted by Crippen LogP contribution is -2.38. The molecule has 2 atom stereocenters. The Morgan fingerprint density at radius 1 is 1.21 bits per heavy atom. The van der Waals surface area contributed by atoms with E-state index in [9.17, 15) is 24.2 Å². The van der Waals surface area contributed by atoms with Gasteiger partial charge in [0.2, 0.25) is 7.37 Å². The molecule has 0 heterocycles. The summed E-state index contributed by atoms with van der Waals surface area (Å²) in [5, 5.41) is 21.1. The lowest BCUT2D eigenvalue weighted by Gasteiger charge is -2.15. The topological polar surface area (TPSA) is 133 Å². The Hall–Kier alpha value is -1.87. The second-order valence-electron chi connectivity index (χ2n) is 6.41. The molecular formula is C18H18Br2NO7P. The summed E-state index contributed by atoms with van der Waals surface area (Å²) in [4.78, 5) is 32.7. The van der Waals surface area contributed by atoms with E-state index in [0.29, 0.717) is 20.3 Å². The molecule has 4 N–H and O–H groups in total. The Labute approximate surface area is 183 Å². The summed E-state index contributed by atoms with van der Waals surface area (Å²) in [7, 11) is -3.25. The van der Waals surface area contributed by atoms with E-state index in [1.807, 2.05) is 0 Å². The van der Waals surface area contributed by atoms with Crippen LogP contribution < -0.4 is 10.1 Å². The maximum atomic E-state index is 12.2. The molecule has 1 unspecified atom stereocenters. The Morgan fingerprint density at radius 3 is 2.31 bits per heavy atom. The third-order valence-corrected chi connectivity index (χ3v) is 5.81. The number of phenolic OH excluding ortho intramolecular Hbond substituents is 1. The van der Waals surface area contributed by atoms with Crippen LogP contribution in [0.5, 0.6) is 17.2 Å². The summed E-state index contributed by atoms with van der Waals surface area (Å²) < 4.78 is 18.4. The first-order valence-corrected chi connectivity index (χ1v) is 12.1. The Bertz CT molecular complexity index is 983. The number of carboxylic acids is 1. The normalized spacial score (nSPS) is 14.0. The summed E-state index contributed by atoms with van der Waals surface area (Å²) in [6, 6.07) is 6.13. The standard InChI is InChI=1S/C18H18Br2NO7P/c1-9(18(24)25)21-17(23)12-7-11(3-4-15(12)22)28-16-13(19)5-10(6-14(16)20)8-29(2,26)27/h3-7,9,22H,8H2,1-2H3,(H,21,23)(H,24,25)(H,26,27)/t9-/m0/s1. The maximum Gasteiger partial charge on any atom is 0.325 e. The fourth-order valence-corrected chi connectivity index (χ4v) is 4.66. The van der Waals surface area contributed by atoms with Crippen LogP contribution in [0.1, 0.15) is 22.8 Å².